The van der Waals surface area contributed by atoms with E-state index >= 15 is 0 Å². The number of nitrogens with zero attached hydrogens (tertiary/aromatic N) is 1. The summed E-state index contributed by atoms with van der Waals surface area (Å²) in [6.07, 6.45) is -4.91. The number of likely N-dealkylation sites (tertiary alicyclic amines) is 1. The average Bonchev–Trinajstić information content (AvgIpc) is 2.32. The molecule has 24 heavy (non-hydrogen) atoms. The van der Waals surface area contributed by atoms with Crippen LogP contribution in [0.4, 0.5) is 18.4 Å². The first kappa shape index (κ1) is 20.4. The lowest BCUT2D eigenvalue weighted by molar-refractivity contribution is -0.0220. The summed E-state index contributed by atoms with van der Waals surface area (Å²) in [4.78, 5) is 24.9. The molecule has 1 N–H and O–H groups in total. The summed E-state index contributed by atoms with van der Waals surface area (Å²) < 4.78 is 38.2. The number of rotatable bonds is 2. The maximum Gasteiger partial charge on any atom is 0.410 e. The van der Waals surface area contributed by atoms with Gasteiger partial charge in [0.2, 0.25) is 0 Å². The number of hydrogen-bond acceptors (Lipinski definition) is 4. The second kappa shape index (κ2) is 7.53. The summed E-state index contributed by atoms with van der Waals surface area (Å²) in [5, 5.41) is 2.43. The van der Waals surface area contributed by atoms with Crippen LogP contribution in [-0.4, -0.2) is 59.8 Å². The Morgan fingerprint density at radius 3 is 2.12 bits per heavy atom. The summed E-state index contributed by atoms with van der Waals surface area (Å²) in [6.45, 7) is 9.66. The summed E-state index contributed by atoms with van der Waals surface area (Å²) >= 11 is 0. The van der Waals surface area contributed by atoms with Crippen molar-refractivity contribution < 1.29 is 27.8 Å². The molecule has 0 aromatic carbocycles. The molecule has 1 aliphatic heterocycles. The van der Waals surface area contributed by atoms with Crippen molar-refractivity contribution in [1.82, 2.24) is 10.2 Å². The molecule has 0 bridgehead atoms. The summed E-state index contributed by atoms with van der Waals surface area (Å²) in [6, 6.07) is -1.00. The molecular weight excluding hydrogens is 322 g/mol. The molecule has 1 aliphatic rings. The summed E-state index contributed by atoms with van der Waals surface area (Å²) in [5.74, 6) is 0. The molecule has 0 unspecified atom stereocenters. The van der Waals surface area contributed by atoms with Crippen molar-refractivity contribution in [2.75, 3.05) is 13.1 Å². The van der Waals surface area contributed by atoms with E-state index in [-0.39, 0.29) is 19.5 Å². The van der Waals surface area contributed by atoms with Crippen LogP contribution in [0, 0.1) is 0 Å². The maximum atomic E-state index is 14.2. The molecule has 6 nitrogen and oxygen atoms in total. The normalized spacial score (nSPS) is 25.2. The van der Waals surface area contributed by atoms with E-state index in [4.69, 9.17) is 9.47 Å². The van der Waals surface area contributed by atoms with Gasteiger partial charge in [-0.1, -0.05) is 0 Å². The van der Waals surface area contributed by atoms with Crippen LogP contribution in [0.3, 0.4) is 0 Å². The van der Waals surface area contributed by atoms with Gasteiger partial charge in [0.1, 0.15) is 23.5 Å². The number of alkyl halides is 2. The fourth-order valence-electron chi connectivity index (χ4n) is 2.29. The lowest BCUT2D eigenvalue weighted by Crippen LogP contribution is -2.58. The Morgan fingerprint density at radius 1 is 1.08 bits per heavy atom. The van der Waals surface area contributed by atoms with Crippen molar-refractivity contribution in [3.05, 3.63) is 0 Å². The minimum Gasteiger partial charge on any atom is -0.444 e. The fraction of sp³-hybridized carbons (Fsp3) is 0.875. The molecule has 8 heteroatoms. The third-order valence-corrected chi connectivity index (χ3v) is 3.18. The fourth-order valence-corrected chi connectivity index (χ4v) is 2.29. The molecule has 140 valence electrons. The molecular formula is C16H28F2N2O4. The van der Waals surface area contributed by atoms with Gasteiger partial charge in [-0.05, 0) is 41.5 Å². The van der Waals surface area contributed by atoms with Crippen molar-refractivity contribution in [1.29, 1.82) is 0 Å². The molecule has 0 spiro atoms. The Hall–Kier alpha value is -1.60. The predicted octanol–water partition coefficient (Wildman–Crippen LogP) is 3.20. The summed E-state index contributed by atoms with van der Waals surface area (Å²) in [5.41, 5.74) is -1.48. The predicted molar refractivity (Wildman–Crippen MR) is 85.4 cm³/mol. The van der Waals surface area contributed by atoms with E-state index < -0.39 is 41.8 Å². The lowest BCUT2D eigenvalue weighted by Gasteiger charge is -2.39. The number of hydrogen-bond donors (Lipinski definition) is 1. The SMILES string of the molecule is CC(C)(C)OC(=O)NC[C@@H]1[C@H](F)C[C@H](F)CN1C(=O)OC(C)(C)C. The van der Waals surface area contributed by atoms with E-state index in [9.17, 15) is 18.4 Å². The molecule has 1 rings (SSSR count). The number of alkyl carbamates (subject to hydrolysis) is 1. The summed E-state index contributed by atoms with van der Waals surface area (Å²) in [7, 11) is 0. The van der Waals surface area contributed by atoms with Crippen LogP contribution in [0.1, 0.15) is 48.0 Å². The van der Waals surface area contributed by atoms with E-state index in [1.54, 1.807) is 41.5 Å². The number of carbonyl (C=O) groups excluding carboxylic acids is 2. The minimum atomic E-state index is -1.60. The zero-order chi connectivity index (χ0) is 18.7. The molecule has 1 heterocycles. The Balaban J connectivity index is 2.75. The monoisotopic (exact) mass is 350 g/mol. The van der Waals surface area contributed by atoms with Gasteiger partial charge in [-0.25, -0.2) is 18.4 Å². The van der Waals surface area contributed by atoms with Gasteiger partial charge in [-0.2, -0.15) is 0 Å². The Labute approximate surface area is 141 Å². The highest BCUT2D eigenvalue weighted by molar-refractivity contribution is 5.70. The topological polar surface area (TPSA) is 67.9 Å². The van der Waals surface area contributed by atoms with Crippen molar-refractivity contribution in [3.8, 4) is 0 Å². The second-order valence-corrected chi connectivity index (χ2v) is 7.93. The van der Waals surface area contributed by atoms with Gasteiger partial charge in [0.25, 0.3) is 0 Å². The van der Waals surface area contributed by atoms with Gasteiger partial charge in [-0.3, -0.25) is 4.90 Å². The van der Waals surface area contributed by atoms with E-state index in [0.717, 1.165) is 4.90 Å². The first-order valence-corrected chi connectivity index (χ1v) is 8.03. The Bertz CT molecular complexity index is 460. The number of halogens is 2. The van der Waals surface area contributed by atoms with Gasteiger partial charge in [0.15, 0.2) is 0 Å². The second-order valence-electron chi connectivity index (χ2n) is 7.93. The van der Waals surface area contributed by atoms with Crippen molar-refractivity contribution in [2.24, 2.45) is 0 Å². The lowest BCUT2D eigenvalue weighted by atomic mass is 9.99. The van der Waals surface area contributed by atoms with E-state index in [0.29, 0.717) is 0 Å². The highest BCUT2D eigenvalue weighted by Gasteiger charge is 2.41. The highest BCUT2D eigenvalue weighted by Crippen LogP contribution is 2.25. The van der Waals surface area contributed by atoms with Gasteiger partial charge >= 0.3 is 12.2 Å². The van der Waals surface area contributed by atoms with Crippen LogP contribution in [0.25, 0.3) is 0 Å². The van der Waals surface area contributed by atoms with Crippen LogP contribution in [0.15, 0.2) is 0 Å². The van der Waals surface area contributed by atoms with Crippen molar-refractivity contribution in [2.45, 2.75) is 77.6 Å². The standard InChI is InChI=1S/C16H28F2N2O4/c1-15(2,3)23-13(21)19-8-12-11(18)7-10(17)9-20(12)14(22)24-16(4,5)6/h10-12H,7-9H2,1-6H3,(H,19,21)/t10-,11+,12+/m0/s1. The third kappa shape index (κ3) is 6.88. The quantitative estimate of drug-likeness (QED) is 0.830. The largest absolute Gasteiger partial charge is 0.444 e. The van der Waals surface area contributed by atoms with Crippen LogP contribution >= 0.6 is 0 Å². The molecule has 3 atom stereocenters. The molecule has 0 aliphatic carbocycles. The van der Waals surface area contributed by atoms with Crippen LogP contribution in [-0.2, 0) is 9.47 Å². The van der Waals surface area contributed by atoms with Gasteiger partial charge < -0.3 is 14.8 Å². The number of amides is 2. The number of piperidine rings is 1. The number of carbonyl (C=O) groups is 2. The smallest absolute Gasteiger partial charge is 0.410 e. The minimum absolute atomic E-state index is 0.179. The molecule has 0 radical (unpaired) electrons. The molecule has 2 amide bonds. The Morgan fingerprint density at radius 2 is 1.62 bits per heavy atom. The van der Waals surface area contributed by atoms with Crippen molar-refractivity contribution >= 4 is 12.2 Å². The van der Waals surface area contributed by atoms with Crippen LogP contribution in [0.5, 0.6) is 0 Å². The molecule has 1 saturated heterocycles. The van der Waals surface area contributed by atoms with Gasteiger partial charge in [-0.15, -0.1) is 0 Å². The first-order valence-electron chi connectivity index (χ1n) is 8.03. The number of ether oxygens (including phenoxy) is 2. The van der Waals surface area contributed by atoms with E-state index in [2.05, 4.69) is 5.32 Å². The van der Waals surface area contributed by atoms with Gasteiger partial charge in [0.05, 0.1) is 12.6 Å². The number of nitrogens with one attached hydrogen (secondary N) is 1. The van der Waals surface area contributed by atoms with Crippen LogP contribution < -0.4 is 5.32 Å². The maximum absolute atomic E-state index is 14.2. The van der Waals surface area contributed by atoms with Crippen LogP contribution in [0.2, 0.25) is 0 Å². The average molecular weight is 350 g/mol. The van der Waals surface area contributed by atoms with Gasteiger partial charge in [0, 0.05) is 13.0 Å². The zero-order valence-electron chi connectivity index (χ0n) is 15.2. The van der Waals surface area contributed by atoms with E-state index in [1.807, 2.05) is 0 Å². The highest BCUT2D eigenvalue weighted by atomic mass is 19.1. The third-order valence-electron chi connectivity index (χ3n) is 3.18. The molecule has 0 saturated carbocycles. The molecule has 0 aromatic heterocycles. The Kier molecular flexibility index (Phi) is 6.41. The van der Waals surface area contributed by atoms with Crippen molar-refractivity contribution in [3.63, 3.8) is 0 Å². The van der Waals surface area contributed by atoms with E-state index in [1.165, 1.54) is 0 Å². The molecule has 1 fully saturated rings. The molecule has 0 aromatic rings. The first-order chi connectivity index (χ1) is 10.8. The zero-order valence-corrected chi connectivity index (χ0v) is 15.2.